The molecule has 6 nitrogen and oxygen atoms in total. The van der Waals surface area contributed by atoms with Crippen LogP contribution in [-0.4, -0.2) is 34.9 Å². The Hall–Kier alpha value is -2.05. The topological polar surface area (TPSA) is 68.2 Å². The Balaban J connectivity index is 0.00000225. The average molecular weight is 365 g/mol. The normalized spacial score (nSPS) is 19.5. The standard InChI is InChI=1S/C18H24N4O2.ClH/c1-12(2)24-15-6-4-14(5-7-15)21-18(23)17-10-19-9-16(17)13-8-20-22(3)11-13;/h4-8,11-12,16-17,19H,9-10H2,1-3H3,(H,21,23);1H/t16-,17+;/m1./s1. The van der Waals surface area contributed by atoms with E-state index in [2.05, 4.69) is 15.7 Å². The molecular weight excluding hydrogens is 340 g/mol. The van der Waals surface area contributed by atoms with Gasteiger partial charge in [0.1, 0.15) is 5.75 Å². The quantitative estimate of drug-likeness (QED) is 0.855. The van der Waals surface area contributed by atoms with Gasteiger partial charge in [0.2, 0.25) is 5.91 Å². The van der Waals surface area contributed by atoms with E-state index >= 15 is 0 Å². The number of hydrogen-bond donors (Lipinski definition) is 2. The van der Waals surface area contributed by atoms with Crippen molar-refractivity contribution in [3.63, 3.8) is 0 Å². The highest BCUT2D eigenvalue weighted by Gasteiger charge is 2.34. The first kappa shape index (κ1) is 19.3. The molecule has 0 radical (unpaired) electrons. The molecule has 1 aliphatic heterocycles. The van der Waals surface area contributed by atoms with E-state index in [1.54, 1.807) is 4.68 Å². The van der Waals surface area contributed by atoms with Crippen LogP contribution in [0.4, 0.5) is 5.69 Å². The van der Waals surface area contributed by atoms with Crippen molar-refractivity contribution in [3.05, 3.63) is 42.2 Å². The molecule has 1 aromatic heterocycles. The highest BCUT2D eigenvalue weighted by atomic mass is 35.5. The van der Waals surface area contributed by atoms with Crippen LogP contribution >= 0.6 is 12.4 Å². The molecule has 2 atom stereocenters. The summed E-state index contributed by atoms with van der Waals surface area (Å²) in [7, 11) is 1.89. The minimum Gasteiger partial charge on any atom is -0.491 e. The molecule has 1 aliphatic rings. The molecule has 1 fully saturated rings. The van der Waals surface area contributed by atoms with Gasteiger partial charge in [-0.3, -0.25) is 9.48 Å². The molecule has 2 heterocycles. The van der Waals surface area contributed by atoms with Crippen molar-refractivity contribution in [2.45, 2.75) is 25.9 Å². The van der Waals surface area contributed by atoms with E-state index in [1.807, 2.05) is 57.6 Å². The Labute approximate surface area is 154 Å². The largest absolute Gasteiger partial charge is 0.491 e. The van der Waals surface area contributed by atoms with Gasteiger partial charge in [-0.05, 0) is 43.7 Å². The molecule has 1 amide bonds. The number of carbonyl (C=O) groups is 1. The Morgan fingerprint density at radius 2 is 2.04 bits per heavy atom. The number of nitrogens with zero attached hydrogens (tertiary/aromatic N) is 2. The molecule has 0 unspecified atom stereocenters. The van der Waals surface area contributed by atoms with E-state index in [0.29, 0.717) is 6.54 Å². The SMILES string of the molecule is CC(C)Oc1ccc(NC(=O)[C@H]2CNC[C@@H]2c2cnn(C)c2)cc1.Cl. The van der Waals surface area contributed by atoms with Gasteiger partial charge in [-0.15, -0.1) is 12.4 Å². The highest BCUT2D eigenvalue weighted by Crippen LogP contribution is 2.29. The molecule has 1 aromatic carbocycles. The third-order valence-corrected chi connectivity index (χ3v) is 4.20. The van der Waals surface area contributed by atoms with Gasteiger partial charge in [-0.1, -0.05) is 0 Å². The molecule has 1 saturated heterocycles. The fourth-order valence-corrected chi connectivity index (χ4v) is 3.06. The zero-order valence-electron chi connectivity index (χ0n) is 14.7. The number of benzene rings is 1. The van der Waals surface area contributed by atoms with E-state index in [0.717, 1.165) is 23.5 Å². The molecule has 0 aliphatic carbocycles. The molecule has 2 N–H and O–H groups in total. The second kappa shape index (κ2) is 8.36. The van der Waals surface area contributed by atoms with Crippen LogP contribution in [0.15, 0.2) is 36.7 Å². The van der Waals surface area contributed by atoms with Gasteiger partial charge < -0.3 is 15.4 Å². The van der Waals surface area contributed by atoms with Gasteiger partial charge >= 0.3 is 0 Å². The summed E-state index contributed by atoms with van der Waals surface area (Å²) in [5.74, 6) is 0.896. The van der Waals surface area contributed by atoms with E-state index in [4.69, 9.17) is 4.74 Å². The lowest BCUT2D eigenvalue weighted by Crippen LogP contribution is -2.28. The number of hydrogen-bond acceptors (Lipinski definition) is 4. The van der Waals surface area contributed by atoms with Crippen LogP contribution in [0.5, 0.6) is 5.75 Å². The van der Waals surface area contributed by atoms with Crippen molar-refractivity contribution >= 4 is 24.0 Å². The van der Waals surface area contributed by atoms with Crippen molar-refractivity contribution in [1.82, 2.24) is 15.1 Å². The smallest absolute Gasteiger partial charge is 0.229 e. The average Bonchev–Trinajstić information content (AvgIpc) is 3.17. The van der Waals surface area contributed by atoms with E-state index in [-0.39, 0.29) is 36.3 Å². The predicted molar refractivity (Wildman–Crippen MR) is 100 cm³/mol. The third-order valence-electron chi connectivity index (χ3n) is 4.20. The molecular formula is C18H25ClN4O2. The third kappa shape index (κ3) is 4.74. The van der Waals surface area contributed by atoms with Crippen molar-refractivity contribution in [3.8, 4) is 5.75 Å². The zero-order chi connectivity index (χ0) is 17.1. The number of carbonyl (C=O) groups excluding carboxylic acids is 1. The van der Waals surface area contributed by atoms with Crippen molar-refractivity contribution in [2.24, 2.45) is 13.0 Å². The zero-order valence-corrected chi connectivity index (χ0v) is 15.5. The molecule has 0 bridgehead atoms. The van der Waals surface area contributed by atoms with Crippen LogP contribution in [0.2, 0.25) is 0 Å². The van der Waals surface area contributed by atoms with Crippen molar-refractivity contribution in [2.75, 3.05) is 18.4 Å². The predicted octanol–water partition coefficient (Wildman–Crippen LogP) is 2.57. The second-order valence-corrected chi connectivity index (χ2v) is 6.50. The fraction of sp³-hybridized carbons (Fsp3) is 0.444. The maximum atomic E-state index is 12.7. The Kier molecular flexibility index (Phi) is 6.45. The fourth-order valence-electron chi connectivity index (χ4n) is 3.06. The summed E-state index contributed by atoms with van der Waals surface area (Å²) in [6, 6.07) is 7.50. The van der Waals surface area contributed by atoms with Crippen molar-refractivity contribution < 1.29 is 9.53 Å². The first-order valence-corrected chi connectivity index (χ1v) is 8.30. The number of anilines is 1. The number of aromatic nitrogens is 2. The van der Waals surface area contributed by atoms with Crippen LogP contribution in [0, 0.1) is 5.92 Å². The Bertz CT molecular complexity index is 699. The molecule has 136 valence electrons. The summed E-state index contributed by atoms with van der Waals surface area (Å²) >= 11 is 0. The van der Waals surface area contributed by atoms with Gasteiger partial charge in [-0.2, -0.15) is 5.10 Å². The van der Waals surface area contributed by atoms with Crippen LogP contribution in [-0.2, 0) is 11.8 Å². The molecule has 2 aromatic rings. The summed E-state index contributed by atoms with van der Waals surface area (Å²) in [5.41, 5.74) is 1.89. The minimum atomic E-state index is -0.0965. The van der Waals surface area contributed by atoms with Crippen LogP contribution in [0.3, 0.4) is 0 Å². The van der Waals surface area contributed by atoms with Gasteiger partial charge in [0, 0.05) is 37.9 Å². The van der Waals surface area contributed by atoms with Crippen LogP contribution in [0.1, 0.15) is 25.3 Å². The lowest BCUT2D eigenvalue weighted by atomic mass is 9.90. The van der Waals surface area contributed by atoms with Crippen LogP contribution in [0.25, 0.3) is 0 Å². The van der Waals surface area contributed by atoms with Gasteiger partial charge in [0.15, 0.2) is 0 Å². The summed E-state index contributed by atoms with van der Waals surface area (Å²) in [5, 5.41) is 10.5. The summed E-state index contributed by atoms with van der Waals surface area (Å²) in [4.78, 5) is 12.7. The number of ether oxygens (including phenoxy) is 1. The first-order chi connectivity index (χ1) is 11.5. The van der Waals surface area contributed by atoms with Crippen molar-refractivity contribution in [1.29, 1.82) is 0 Å². The number of rotatable bonds is 5. The monoisotopic (exact) mass is 364 g/mol. The number of amides is 1. The molecule has 0 spiro atoms. The van der Waals surface area contributed by atoms with E-state index in [9.17, 15) is 4.79 Å². The number of halogens is 1. The summed E-state index contributed by atoms with van der Waals surface area (Å²) in [6.07, 6.45) is 3.96. The summed E-state index contributed by atoms with van der Waals surface area (Å²) in [6.45, 7) is 5.45. The van der Waals surface area contributed by atoms with E-state index in [1.165, 1.54) is 0 Å². The second-order valence-electron chi connectivity index (χ2n) is 6.50. The molecule has 7 heteroatoms. The maximum absolute atomic E-state index is 12.7. The maximum Gasteiger partial charge on any atom is 0.229 e. The Morgan fingerprint density at radius 1 is 1.32 bits per heavy atom. The highest BCUT2D eigenvalue weighted by molar-refractivity contribution is 5.93. The van der Waals surface area contributed by atoms with Crippen LogP contribution < -0.4 is 15.4 Å². The number of aryl methyl sites for hydroxylation is 1. The molecule has 0 saturated carbocycles. The molecule has 25 heavy (non-hydrogen) atoms. The van der Waals surface area contributed by atoms with E-state index < -0.39 is 0 Å². The lowest BCUT2D eigenvalue weighted by Gasteiger charge is -2.17. The number of nitrogens with one attached hydrogen (secondary N) is 2. The van der Waals surface area contributed by atoms with Gasteiger partial charge in [0.25, 0.3) is 0 Å². The van der Waals surface area contributed by atoms with Gasteiger partial charge in [-0.25, -0.2) is 0 Å². The minimum absolute atomic E-state index is 0. The first-order valence-electron chi connectivity index (χ1n) is 8.30. The van der Waals surface area contributed by atoms with Gasteiger partial charge in [0.05, 0.1) is 18.2 Å². The Morgan fingerprint density at radius 3 is 2.64 bits per heavy atom. The molecule has 3 rings (SSSR count). The summed E-state index contributed by atoms with van der Waals surface area (Å²) < 4.78 is 7.39. The lowest BCUT2D eigenvalue weighted by molar-refractivity contribution is -0.119.